The maximum atomic E-state index is 11.1. The summed E-state index contributed by atoms with van der Waals surface area (Å²) in [5.74, 6) is 0.968. The highest BCUT2D eigenvalue weighted by Crippen LogP contribution is 2.25. The molecule has 1 amide bonds. The number of nitrogens with zero attached hydrogens (tertiary/aromatic N) is 1. The van der Waals surface area contributed by atoms with E-state index >= 15 is 0 Å². The Morgan fingerprint density at radius 1 is 1.67 bits per heavy atom. The van der Waals surface area contributed by atoms with E-state index in [0.717, 1.165) is 23.8 Å². The summed E-state index contributed by atoms with van der Waals surface area (Å²) in [4.78, 5) is 15.5. The first kappa shape index (κ1) is 12.6. The van der Waals surface area contributed by atoms with Crippen molar-refractivity contribution in [2.45, 2.75) is 19.8 Å². The van der Waals surface area contributed by atoms with Crippen LogP contribution >= 0.6 is 21.6 Å². The van der Waals surface area contributed by atoms with Gasteiger partial charge in [0.15, 0.2) is 0 Å². The van der Waals surface area contributed by atoms with Crippen LogP contribution in [0.5, 0.6) is 0 Å². The molecule has 3 nitrogen and oxygen atoms in total. The molecule has 0 radical (unpaired) electrons. The highest BCUT2D eigenvalue weighted by Gasteiger charge is 2.02. The quantitative estimate of drug-likeness (QED) is 0.596. The molecule has 1 heterocycles. The van der Waals surface area contributed by atoms with Crippen LogP contribution in [0.25, 0.3) is 0 Å². The zero-order valence-corrected chi connectivity index (χ0v) is 10.5. The van der Waals surface area contributed by atoms with E-state index in [9.17, 15) is 4.79 Å². The second-order valence-electron chi connectivity index (χ2n) is 3.02. The van der Waals surface area contributed by atoms with Crippen LogP contribution < -0.4 is 5.32 Å². The smallest absolute Gasteiger partial charge is 0.220 e. The van der Waals surface area contributed by atoms with Gasteiger partial charge < -0.3 is 5.32 Å². The molecule has 0 unspecified atom stereocenters. The molecule has 5 heteroatoms. The first-order valence-corrected chi connectivity index (χ1v) is 7.42. The molecular formula is C10H16N2OS2. The maximum Gasteiger partial charge on any atom is 0.220 e. The molecule has 0 atom stereocenters. The van der Waals surface area contributed by atoms with Crippen LogP contribution in [-0.4, -0.2) is 29.8 Å². The Morgan fingerprint density at radius 3 is 3.20 bits per heavy atom. The number of aliphatic imine (C=N–C) groups is 1. The maximum absolute atomic E-state index is 11.1. The average Bonchev–Trinajstić information content (AvgIpc) is 2.26. The van der Waals surface area contributed by atoms with Crippen LogP contribution in [0.3, 0.4) is 0 Å². The van der Waals surface area contributed by atoms with Crippen LogP contribution in [-0.2, 0) is 4.79 Å². The molecule has 1 rings (SSSR count). The van der Waals surface area contributed by atoms with E-state index in [4.69, 9.17) is 0 Å². The van der Waals surface area contributed by atoms with Gasteiger partial charge in [-0.25, -0.2) is 0 Å². The minimum atomic E-state index is 0.131. The van der Waals surface area contributed by atoms with Gasteiger partial charge in [0, 0.05) is 25.3 Å². The molecule has 84 valence electrons. The van der Waals surface area contributed by atoms with Gasteiger partial charge in [0.1, 0.15) is 5.04 Å². The van der Waals surface area contributed by atoms with Crippen molar-refractivity contribution in [3.8, 4) is 0 Å². The Balaban J connectivity index is 2.04. The van der Waals surface area contributed by atoms with Gasteiger partial charge >= 0.3 is 0 Å². The van der Waals surface area contributed by atoms with Crippen LogP contribution in [0.15, 0.2) is 17.1 Å². The highest BCUT2D eigenvalue weighted by atomic mass is 33.1. The molecule has 1 aliphatic heterocycles. The van der Waals surface area contributed by atoms with Gasteiger partial charge in [-0.05, 0) is 30.2 Å². The first-order valence-electron chi connectivity index (χ1n) is 5.10. The Morgan fingerprint density at radius 2 is 2.53 bits per heavy atom. The van der Waals surface area contributed by atoms with Crippen molar-refractivity contribution >= 4 is 32.5 Å². The number of rotatable bonds is 5. The van der Waals surface area contributed by atoms with Gasteiger partial charge in [-0.2, -0.15) is 0 Å². The summed E-state index contributed by atoms with van der Waals surface area (Å²) in [5, 5.41) is 3.85. The lowest BCUT2D eigenvalue weighted by Gasteiger charge is -2.04. The van der Waals surface area contributed by atoms with Crippen LogP contribution in [0.1, 0.15) is 19.8 Å². The fraction of sp³-hybridized carbons (Fsp3) is 0.600. The van der Waals surface area contributed by atoms with Crippen molar-refractivity contribution in [2.75, 3.05) is 18.8 Å². The van der Waals surface area contributed by atoms with Gasteiger partial charge in [-0.1, -0.05) is 16.9 Å². The van der Waals surface area contributed by atoms with Crippen LogP contribution in [0, 0.1) is 0 Å². The summed E-state index contributed by atoms with van der Waals surface area (Å²) in [6.07, 6.45) is 5.82. The lowest BCUT2D eigenvalue weighted by atomic mass is 10.3. The summed E-state index contributed by atoms with van der Waals surface area (Å²) in [6, 6.07) is 0. The molecule has 0 spiro atoms. The van der Waals surface area contributed by atoms with E-state index < -0.39 is 0 Å². The van der Waals surface area contributed by atoms with Gasteiger partial charge in [-0.3, -0.25) is 9.79 Å². The lowest BCUT2D eigenvalue weighted by Crippen LogP contribution is -2.22. The molecule has 0 fully saturated rings. The Labute approximate surface area is 98.6 Å². The number of dihydropyridines is 1. The SMILES string of the molecule is CCNC(=O)CCSSC1=NCCC=C1. The number of hydrogen-bond acceptors (Lipinski definition) is 4. The third kappa shape index (κ3) is 5.89. The van der Waals surface area contributed by atoms with E-state index in [1.54, 1.807) is 21.6 Å². The number of amides is 1. The predicted molar refractivity (Wildman–Crippen MR) is 69.4 cm³/mol. The molecular weight excluding hydrogens is 228 g/mol. The molecule has 1 N–H and O–H groups in total. The Hall–Kier alpha value is -0.420. The molecule has 0 aromatic rings. The number of nitrogens with one attached hydrogen (secondary N) is 1. The van der Waals surface area contributed by atoms with Crippen LogP contribution in [0.2, 0.25) is 0 Å². The second kappa shape index (κ2) is 7.82. The van der Waals surface area contributed by atoms with E-state index in [1.165, 1.54) is 0 Å². The zero-order chi connectivity index (χ0) is 10.9. The largest absolute Gasteiger partial charge is 0.356 e. The van der Waals surface area contributed by atoms with Crippen molar-refractivity contribution in [1.82, 2.24) is 5.32 Å². The monoisotopic (exact) mass is 244 g/mol. The summed E-state index contributed by atoms with van der Waals surface area (Å²) < 4.78 is 0. The summed E-state index contributed by atoms with van der Waals surface area (Å²) in [5.41, 5.74) is 0. The Bertz CT molecular complexity index is 264. The first-order chi connectivity index (χ1) is 7.33. The molecule has 15 heavy (non-hydrogen) atoms. The molecule has 0 saturated carbocycles. The van der Waals surface area contributed by atoms with Crippen molar-refractivity contribution in [3.63, 3.8) is 0 Å². The molecule has 0 bridgehead atoms. The number of carbonyl (C=O) groups excluding carboxylic acids is 1. The van der Waals surface area contributed by atoms with Gasteiger partial charge in [0.05, 0.1) is 0 Å². The van der Waals surface area contributed by atoms with Crippen molar-refractivity contribution in [2.24, 2.45) is 4.99 Å². The van der Waals surface area contributed by atoms with Crippen molar-refractivity contribution in [3.05, 3.63) is 12.2 Å². The zero-order valence-electron chi connectivity index (χ0n) is 8.86. The van der Waals surface area contributed by atoms with Crippen molar-refractivity contribution < 1.29 is 4.79 Å². The second-order valence-corrected chi connectivity index (χ2v) is 5.46. The lowest BCUT2D eigenvalue weighted by molar-refractivity contribution is -0.120. The third-order valence-electron chi connectivity index (χ3n) is 1.75. The van der Waals surface area contributed by atoms with E-state index in [1.807, 2.05) is 13.0 Å². The average molecular weight is 244 g/mol. The summed E-state index contributed by atoms with van der Waals surface area (Å²) in [7, 11) is 3.35. The molecule has 0 saturated heterocycles. The van der Waals surface area contributed by atoms with E-state index in [0.29, 0.717) is 13.0 Å². The molecule has 0 aliphatic carbocycles. The molecule has 1 aliphatic rings. The predicted octanol–water partition coefficient (Wildman–Crippen LogP) is 2.25. The topological polar surface area (TPSA) is 41.5 Å². The van der Waals surface area contributed by atoms with Gasteiger partial charge in [-0.15, -0.1) is 0 Å². The fourth-order valence-corrected chi connectivity index (χ4v) is 3.02. The van der Waals surface area contributed by atoms with Gasteiger partial charge in [0.25, 0.3) is 0 Å². The third-order valence-corrected chi connectivity index (χ3v) is 4.04. The van der Waals surface area contributed by atoms with Gasteiger partial charge in [0.2, 0.25) is 5.91 Å². The minimum Gasteiger partial charge on any atom is -0.356 e. The molecule has 0 aromatic carbocycles. The summed E-state index contributed by atoms with van der Waals surface area (Å²) >= 11 is 0. The Kier molecular flexibility index (Phi) is 6.59. The van der Waals surface area contributed by atoms with Crippen LogP contribution in [0.4, 0.5) is 0 Å². The standard InChI is InChI=1S/C10H16N2OS2/c1-2-11-9(13)6-8-14-15-10-5-3-4-7-12-10/h3,5H,2,4,6-8H2,1H3,(H,11,13). The molecule has 0 aromatic heterocycles. The number of carbonyl (C=O) groups is 1. The minimum absolute atomic E-state index is 0.131. The van der Waals surface area contributed by atoms with E-state index in [-0.39, 0.29) is 5.91 Å². The van der Waals surface area contributed by atoms with E-state index in [2.05, 4.69) is 16.4 Å². The normalized spacial score (nSPS) is 14.9. The highest BCUT2D eigenvalue weighted by molar-refractivity contribution is 8.82. The fourth-order valence-electron chi connectivity index (χ4n) is 1.06. The summed E-state index contributed by atoms with van der Waals surface area (Å²) in [6.45, 7) is 3.54. The van der Waals surface area contributed by atoms with Crippen molar-refractivity contribution in [1.29, 1.82) is 0 Å². The number of hydrogen-bond donors (Lipinski definition) is 1.